The van der Waals surface area contributed by atoms with Gasteiger partial charge in [0.25, 0.3) is 5.56 Å². The van der Waals surface area contributed by atoms with E-state index in [0.717, 1.165) is 48.8 Å². The number of fused-ring (bicyclic) bond motifs is 1. The maximum absolute atomic E-state index is 13.6. The Hall–Kier alpha value is -2.70. The molecule has 6 heteroatoms. The first kappa shape index (κ1) is 19.6. The van der Waals surface area contributed by atoms with Crippen LogP contribution in [-0.2, 0) is 0 Å². The Morgan fingerprint density at radius 1 is 1.17 bits per heavy atom. The van der Waals surface area contributed by atoms with Crippen LogP contribution < -0.4 is 15.6 Å². The highest BCUT2D eigenvalue weighted by molar-refractivity contribution is 5.79. The van der Waals surface area contributed by atoms with Crippen LogP contribution in [0.4, 0.5) is 0 Å². The first-order valence-corrected chi connectivity index (χ1v) is 10.3. The molecule has 29 heavy (non-hydrogen) atoms. The standard InChI is InChI=1S/C23H28N4O2/c1-4-29-21-8-6-5-7-20(21)27-22(17(3)26-13-11-24-12-14-26)25-19-15-16(2)9-10-18(19)23(27)28/h5-10,15,17,24H,4,11-14H2,1-3H3. The minimum atomic E-state index is -0.0564. The first-order chi connectivity index (χ1) is 14.1. The maximum Gasteiger partial charge on any atom is 0.266 e. The number of piperazine rings is 1. The molecule has 0 radical (unpaired) electrons. The monoisotopic (exact) mass is 392 g/mol. The fourth-order valence-corrected chi connectivity index (χ4v) is 3.98. The Morgan fingerprint density at radius 2 is 1.93 bits per heavy atom. The zero-order valence-electron chi connectivity index (χ0n) is 17.3. The second-order valence-electron chi connectivity index (χ2n) is 7.49. The van der Waals surface area contributed by atoms with Gasteiger partial charge in [-0.1, -0.05) is 18.2 Å². The molecule has 0 spiro atoms. The highest BCUT2D eigenvalue weighted by atomic mass is 16.5. The van der Waals surface area contributed by atoms with Crippen molar-refractivity contribution in [3.63, 3.8) is 0 Å². The van der Waals surface area contributed by atoms with Crippen LogP contribution in [0.5, 0.6) is 5.75 Å². The molecule has 1 saturated heterocycles. The van der Waals surface area contributed by atoms with E-state index in [1.807, 2.05) is 56.3 Å². The number of rotatable bonds is 5. The zero-order valence-corrected chi connectivity index (χ0v) is 17.3. The molecule has 1 fully saturated rings. The van der Waals surface area contributed by atoms with Gasteiger partial charge in [0.15, 0.2) is 0 Å². The van der Waals surface area contributed by atoms with Crippen molar-refractivity contribution in [1.82, 2.24) is 19.8 Å². The summed E-state index contributed by atoms with van der Waals surface area (Å²) < 4.78 is 7.59. The van der Waals surface area contributed by atoms with Crippen molar-refractivity contribution in [3.05, 3.63) is 64.2 Å². The second kappa shape index (κ2) is 8.35. The topological polar surface area (TPSA) is 59.4 Å². The van der Waals surface area contributed by atoms with Crippen LogP contribution in [0, 0.1) is 6.92 Å². The van der Waals surface area contributed by atoms with Crippen LogP contribution in [0.1, 0.15) is 31.3 Å². The number of aryl methyl sites for hydroxylation is 1. The van der Waals surface area contributed by atoms with Gasteiger partial charge in [0, 0.05) is 26.2 Å². The number of hydrogen-bond donors (Lipinski definition) is 1. The molecule has 6 nitrogen and oxygen atoms in total. The fourth-order valence-electron chi connectivity index (χ4n) is 3.98. The number of nitrogens with zero attached hydrogens (tertiary/aromatic N) is 3. The third-order valence-corrected chi connectivity index (χ3v) is 5.53. The molecular weight excluding hydrogens is 364 g/mol. The van der Waals surface area contributed by atoms with Gasteiger partial charge >= 0.3 is 0 Å². The van der Waals surface area contributed by atoms with Crippen molar-refractivity contribution in [2.24, 2.45) is 0 Å². The van der Waals surface area contributed by atoms with Gasteiger partial charge in [0.2, 0.25) is 0 Å². The molecule has 2 heterocycles. The molecule has 1 aliphatic rings. The molecule has 3 aromatic rings. The second-order valence-corrected chi connectivity index (χ2v) is 7.49. The number of benzene rings is 2. The van der Waals surface area contributed by atoms with Crippen LogP contribution in [-0.4, -0.2) is 47.2 Å². The number of para-hydroxylation sites is 2. The van der Waals surface area contributed by atoms with Gasteiger partial charge in [-0.15, -0.1) is 0 Å². The van der Waals surface area contributed by atoms with E-state index in [2.05, 4.69) is 17.1 Å². The Balaban J connectivity index is 1.97. The van der Waals surface area contributed by atoms with E-state index in [0.29, 0.717) is 17.7 Å². The van der Waals surface area contributed by atoms with Gasteiger partial charge < -0.3 is 10.1 Å². The SMILES string of the molecule is CCOc1ccccc1-n1c(C(C)N2CCNCC2)nc2cc(C)ccc2c1=O. The third-order valence-electron chi connectivity index (χ3n) is 5.53. The van der Waals surface area contributed by atoms with Crippen LogP contribution in [0.25, 0.3) is 16.6 Å². The van der Waals surface area contributed by atoms with Crippen LogP contribution in [0.3, 0.4) is 0 Å². The molecule has 0 amide bonds. The molecule has 0 saturated carbocycles. The summed E-state index contributed by atoms with van der Waals surface area (Å²) in [5, 5.41) is 4.01. The quantitative estimate of drug-likeness (QED) is 0.723. The molecule has 1 atom stereocenters. The van der Waals surface area contributed by atoms with Crippen LogP contribution in [0.15, 0.2) is 47.3 Å². The molecule has 1 aliphatic heterocycles. The van der Waals surface area contributed by atoms with Gasteiger partial charge in [-0.3, -0.25) is 14.3 Å². The Bertz CT molecular complexity index is 1070. The van der Waals surface area contributed by atoms with E-state index in [1.54, 1.807) is 4.57 Å². The normalized spacial score (nSPS) is 16.1. The van der Waals surface area contributed by atoms with Crippen molar-refractivity contribution in [3.8, 4) is 11.4 Å². The molecule has 1 N–H and O–H groups in total. The lowest BCUT2D eigenvalue weighted by Gasteiger charge is -2.33. The van der Waals surface area contributed by atoms with Crippen molar-refractivity contribution in [1.29, 1.82) is 0 Å². The summed E-state index contributed by atoms with van der Waals surface area (Å²) in [6.07, 6.45) is 0. The number of nitrogens with one attached hydrogen (secondary N) is 1. The van der Waals surface area contributed by atoms with Gasteiger partial charge in [0.05, 0.1) is 29.2 Å². The molecule has 152 valence electrons. The smallest absolute Gasteiger partial charge is 0.266 e. The van der Waals surface area contributed by atoms with Crippen LogP contribution >= 0.6 is 0 Å². The van der Waals surface area contributed by atoms with Gasteiger partial charge in [-0.05, 0) is 50.6 Å². The predicted octanol–water partition coefficient (Wildman–Crippen LogP) is 3.06. The van der Waals surface area contributed by atoms with Crippen molar-refractivity contribution < 1.29 is 4.74 Å². The molecule has 0 bridgehead atoms. The molecule has 0 aliphatic carbocycles. The Labute approximate surface area is 171 Å². The van der Waals surface area contributed by atoms with E-state index in [4.69, 9.17) is 9.72 Å². The largest absolute Gasteiger partial charge is 0.492 e. The summed E-state index contributed by atoms with van der Waals surface area (Å²) in [7, 11) is 0. The van der Waals surface area contributed by atoms with Gasteiger partial charge in [-0.25, -0.2) is 4.98 Å². The highest BCUT2D eigenvalue weighted by Crippen LogP contribution is 2.28. The number of ether oxygens (including phenoxy) is 1. The minimum Gasteiger partial charge on any atom is -0.492 e. The van der Waals surface area contributed by atoms with Gasteiger partial charge in [-0.2, -0.15) is 0 Å². The van der Waals surface area contributed by atoms with Crippen LogP contribution in [0.2, 0.25) is 0 Å². The highest BCUT2D eigenvalue weighted by Gasteiger charge is 2.25. The third kappa shape index (κ3) is 3.78. The Morgan fingerprint density at radius 3 is 2.69 bits per heavy atom. The number of hydrogen-bond acceptors (Lipinski definition) is 5. The average Bonchev–Trinajstić information content (AvgIpc) is 2.74. The summed E-state index contributed by atoms with van der Waals surface area (Å²) in [4.78, 5) is 21.0. The maximum atomic E-state index is 13.6. The van der Waals surface area contributed by atoms with E-state index in [1.165, 1.54) is 0 Å². The summed E-state index contributed by atoms with van der Waals surface area (Å²) in [6, 6.07) is 13.5. The predicted molar refractivity (Wildman–Crippen MR) is 116 cm³/mol. The lowest BCUT2D eigenvalue weighted by Crippen LogP contribution is -2.45. The summed E-state index contributed by atoms with van der Waals surface area (Å²) in [5.41, 5.74) is 2.53. The van der Waals surface area contributed by atoms with E-state index >= 15 is 0 Å². The molecule has 1 unspecified atom stereocenters. The summed E-state index contributed by atoms with van der Waals surface area (Å²) in [6.45, 7) is 10.4. The lowest BCUT2D eigenvalue weighted by atomic mass is 10.1. The van der Waals surface area contributed by atoms with Gasteiger partial charge in [0.1, 0.15) is 11.6 Å². The molecule has 4 rings (SSSR count). The van der Waals surface area contributed by atoms with Crippen molar-refractivity contribution in [2.45, 2.75) is 26.8 Å². The lowest BCUT2D eigenvalue weighted by molar-refractivity contribution is 0.177. The summed E-state index contributed by atoms with van der Waals surface area (Å²) >= 11 is 0. The van der Waals surface area contributed by atoms with E-state index in [-0.39, 0.29) is 11.6 Å². The van der Waals surface area contributed by atoms with Crippen molar-refractivity contribution in [2.75, 3.05) is 32.8 Å². The van der Waals surface area contributed by atoms with E-state index < -0.39 is 0 Å². The summed E-state index contributed by atoms with van der Waals surface area (Å²) in [5.74, 6) is 1.45. The average molecular weight is 393 g/mol. The Kier molecular flexibility index (Phi) is 5.65. The van der Waals surface area contributed by atoms with Crippen molar-refractivity contribution >= 4 is 10.9 Å². The number of aromatic nitrogens is 2. The molecular formula is C23H28N4O2. The molecule has 1 aromatic heterocycles. The zero-order chi connectivity index (χ0) is 20.4. The minimum absolute atomic E-state index is 0.00407. The first-order valence-electron chi connectivity index (χ1n) is 10.3. The van der Waals surface area contributed by atoms with E-state index in [9.17, 15) is 4.79 Å². The fraction of sp³-hybridized carbons (Fsp3) is 0.391. The molecule has 2 aromatic carbocycles.